The van der Waals surface area contributed by atoms with Crippen LogP contribution in [0.15, 0.2) is 0 Å². The number of benzene rings is 2. The largest absolute Gasteiger partial charge is 0.397 e. The summed E-state index contributed by atoms with van der Waals surface area (Å²) < 4.78 is -1.34. The van der Waals surface area contributed by atoms with E-state index in [9.17, 15) is 0 Å². The molecule has 0 bridgehead atoms. The van der Waals surface area contributed by atoms with E-state index in [4.69, 9.17) is 57.3 Å². The molecule has 11 heteroatoms. The Kier molecular flexibility index (Phi) is 4.26. The molecule has 0 fully saturated rings. The summed E-state index contributed by atoms with van der Waals surface area (Å²) in [6.45, 7) is 1.72. The first-order valence-corrected chi connectivity index (χ1v) is 8.15. The lowest BCUT2D eigenvalue weighted by Crippen LogP contribution is -2.36. The zero-order valence-electron chi connectivity index (χ0n) is 13.7. The molecule has 20 N–H and O–H groups in total. The van der Waals surface area contributed by atoms with Crippen LogP contribution in [-0.4, -0.2) is 0 Å². The van der Waals surface area contributed by atoms with Crippen LogP contribution < -0.4 is 57.3 Å². The van der Waals surface area contributed by atoms with Gasteiger partial charge in [0.2, 0.25) is 0 Å². The Morgan fingerprint density at radius 3 is 1.20 bits per heavy atom. The summed E-state index contributed by atoms with van der Waals surface area (Å²) >= 11 is 1.93. The van der Waals surface area contributed by atoms with Crippen LogP contribution >= 0.6 is 22.6 Å². The van der Waals surface area contributed by atoms with Crippen LogP contribution in [0, 0.1) is 6.92 Å². The van der Waals surface area contributed by atoms with Crippen LogP contribution in [-0.2, 0) is 3.55 Å². The van der Waals surface area contributed by atoms with Crippen LogP contribution in [0.3, 0.4) is 0 Å². The Morgan fingerprint density at radius 2 is 0.800 bits per heavy atom. The van der Waals surface area contributed by atoms with Crippen molar-refractivity contribution in [2.24, 2.45) is 5.73 Å². The Balaban J connectivity index is 2.96. The molecule has 0 aliphatic rings. The van der Waals surface area contributed by atoms with Gasteiger partial charge in [-0.1, -0.05) is 22.6 Å². The molecule has 0 radical (unpaired) electrons. The number of halogens is 1. The monoisotopic (exact) mass is 458 g/mol. The molecular weight excluding hydrogens is 435 g/mol. The number of nitrogens with two attached hydrogens (primary N) is 10. The first-order chi connectivity index (χ1) is 11.4. The Morgan fingerprint density at radius 1 is 0.520 bits per heavy atom. The maximum atomic E-state index is 6.58. The van der Waals surface area contributed by atoms with Crippen molar-refractivity contribution in [2.45, 2.75) is 10.5 Å². The number of hydrogen-bond donors (Lipinski definition) is 10. The number of rotatable bonds is 2. The minimum atomic E-state index is -1.34. The second-order valence-corrected chi connectivity index (χ2v) is 7.51. The first kappa shape index (κ1) is 18.7. The van der Waals surface area contributed by atoms with Gasteiger partial charge < -0.3 is 57.3 Å². The summed E-state index contributed by atoms with van der Waals surface area (Å²) in [5.41, 5.74) is 63.1. The number of hydrogen-bond acceptors (Lipinski definition) is 10. The van der Waals surface area contributed by atoms with Crippen LogP contribution in [0.5, 0.6) is 0 Å². The van der Waals surface area contributed by atoms with Crippen molar-refractivity contribution < 1.29 is 0 Å². The molecule has 0 saturated heterocycles. The van der Waals surface area contributed by atoms with Gasteiger partial charge in [-0.2, -0.15) is 0 Å². The molecule has 25 heavy (non-hydrogen) atoms. The molecule has 2 aromatic carbocycles. The zero-order chi connectivity index (χ0) is 19.4. The van der Waals surface area contributed by atoms with Crippen LogP contribution in [0.2, 0.25) is 0 Å². The second-order valence-electron chi connectivity index (χ2n) is 5.81. The number of nitrogen functional groups attached to an aromatic ring is 9. The van der Waals surface area contributed by atoms with Crippen molar-refractivity contribution >= 4 is 73.8 Å². The first-order valence-electron chi connectivity index (χ1n) is 7.08. The summed E-state index contributed by atoms with van der Waals surface area (Å²) in [5.74, 6) is 0. The highest BCUT2D eigenvalue weighted by Crippen LogP contribution is 2.52. The van der Waals surface area contributed by atoms with E-state index in [0.717, 1.165) is 0 Å². The molecule has 136 valence electrons. The van der Waals surface area contributed by atoms with E-state index in [1.54, 1.807) is 6.92 Å². The molecular formula is C14H23IN10. The van der Waals surface area contributed by atoms with Crippen LogP contribution in [0.4, 0.5) is 51.2 Å². The Hall–Kier alpha value is -2.67. The van der Waals surface area contributed by atoms with Gasteiger partial charge in [0, 0.05) is 11.1 Å². The molecule has 2 aromatic rings. The van der Waals surface area contributed by atoms with Gasteiger partial charge in [-0.3, -0.25) is 0 Å². The van der Waals surface area contributed by atoms with E-state index in [-0.39, 0.29) is 56.7 Å². The fourth-order valence-electron chi connectivity index (χ4n) is 2.80. The normalized spacial score (nSPS) is 13.6. The Labute approximate surface area is 158 Å². The summed E-state index contributed by atoms with van der Waals surface area (Å²) in [5, 5.41) is 0. The van der Waals surface area contributed by atoms with Crippen molar-refractivity contribution in [3.63, 3.8) is 0 Å². The summed E-state index contributed by atoms with van der Waals surface area (Å²) in [4.78, 5) is 0. The van der Waals surface area contributed by atoms with Gasteiger partial charge in [-0.05, 0) is 12.5 Å². The number of anilines is 9. The summed E-state index contributed by atoms with van der Waals surface area (Å²) in [7, 11) is 0. The van der Waals surface area contributed by atoms with E-state index < -0.39 is 3.55 Å². The second kappa shape index (κ2) is 5.70. The van der Waals surface area contributed by atoms with Crippen molar-refractivity contribution in [1.29, 1.82) is 0 Å². The van der Waals surface area contributed by atoms with Gasteiger partial charge in [0.05, 0.1) is 51.2 Å². The topological polar surface area (TPSA) is 260 Å². The fraction of sp³-hybridized carbons (Fsp3) is 0.143. The van der Waals surface area contributed by atoms with E-state index in [1.165, 1.54) is 0 Å². The van der Waals surface area contributed by atoms with Gasteiger partial charge in [0.15, 0.2) is 0 Å². The molecule has 10 nitrogen and oxygen atoms in total. The lowest BCUT2D eigenvalue weighted by atomic mass is 9.88. The van der Waals surface area contributed by atoms with Crippen LogP contribution in [0.25, 0.3) is 0 Å². The minimum absolute atomic E-state index is 0.0841. The third kappa shape index (κ3) is 2.42. The molecule has 0 spiro atoms. The standard InChI is InChI=1S/C14H23IN10/c1-2-3(6(17)10(21)9(20)5(2)16)14(15,25)4-7(18)11(22)13(24)12(23)8(4)19/h16-25H2,1H3. The van der Waals surface area contributed by atoms with E-state index in [1.807, 2.05) is 22.6 Å². The summed E-state index contributed by atoms with van der Waals surface area (Å²) in [6.07, 6.45) is 0. The maximum Gasteiger partial charge on any atom is 0.126 e. The predicted molar refractivity (Wildman–Crippen MR) is 116 cm³/mol. The lowest BCUT2D eigenvalue weighted by Gasteiger charge is -2.32. The molecule has 0 aromatic heterocycles. The average molecular weight is 458 g/mol. The fourth-order valence-corrected chi connectivity index (χ4v) is 4.08. The minimum Gasteiger partial charge on any atom is -0.397 e. The van der Waals surface area contributed by atoms with E-state index >= 15 is 0 Å². The molecule has 0 amide bonds. The molecule has 0 aliphatic carbocycles. The van der Waals surface area contributed by atoms with E-state index in [0.29, 0.717) is 11.1 Å². The third-order valence-corrected chi connectivity index (χ3v) is 5.42. The SMILES string of the molecule is Cc1c(N)c(N)c(N)c(N)c1C(N)(I)c1c(N)c(N)c(N)c(N)c1N. The lowest BCUT2D eigenvalue weighted by molar-refractivity contribution is 0.836. The summed E-state index contributed by atoms with van der Waals surface area (Å²) in [6, 6.07) is 0. The van der Waals surface area contributed by atoms with Gasteiger partial charge in [0.25, 0.3) is 0 Å². The highest BCUT2D eigenvalue weighted by atomic mass is 127. The molecule has 0 saturated carbocycles. The quantitative estimate of drug-likeness (QED) is 0.123. The van der Waals surface area contributed by atoms with Crippen LogP contribution in [0.1, 0.15) is 16.7 Å². The molecule has 0 aliphatic heterocycles. The van der Waals surface area contributed by atoms with Gasteiger partial charge in [-0.15, -0.1) is 0 Å². The Bertz CT molecular complexity index is 761. The van der Waals surface area contributed by atoms with E-state index in [2.05, 4.69) is 0 Å². The highest BCUT2D eigenvalue weighted by Gasteiger charge is 2.37. The molecule has 2 rings (SSSR count). The van der Waals surface area contributed by atoms with Crippen molar-refractivity contribution in [2.75, 3.05) is 51.6 Å². The van der Waals surface area contributed by atoms with Gasteiger partial charge in [0.1, 0.15) is 3.55 Å². The zero-order valence-corrected chi connectivity index (χ0v) is 15.8. The van der Waals surface area contributed by atoms with Crippen molar-refractivity contribution in [1.82, 2.24) is 0 Å². The predicted octanol–water partition coefficient (Wildman–Crippen LogP) is -0.170. The molecule has 1 atom stereocenters. The highest BCUT2D eigenvalue weighted by molar-refractivity contribution is 14.1. The third-order valence-electron chi connectivity index (χ3n) is 4.35. The maximum absolute atomic E-state index is 6.58. The molecule has 0 heterocycles. The average Bonchev–Trinajstić information content (AvgIpc) is 2.54. The molecule has 1 unspecified atom stereocenters. The van der Waals surface area contributed by atoms with Gasteiger partial charge >= 0.3 is 0 Å². The van der Waals surface area contributed by atoms with Crippen molar-refractivity contribution in [3.8, 4) is 0 Å². The van der Waals surface area contributed by atoms with Gasteiger partial charge in [-0.25, -0.2) is 0 Å². The van der Waals surface area contributed by atoms with Crippen molar-refractivity contribution in [3.05, 3.63) is 16.7 Å². The number of alkyl halides is 1. The smallest absolute Gasteiger partial charge is 0.126 e.